The Kier molecular flexibility index (Phi) is 9.03. The van der Waals surface area contributed by atoms with Crippen molar-refractivity contribution in [3.05, 3.63) is 42.3 Å². The number of benzene rings is 1. The normalized spacial score (nSPS) is 21.0. The molecule has 33 heavy (non-hydrogen) atoms. The highest BCUT2D eigenvalue weighted by molar-refractivity contribution is 5.67. The molecule has 1 aliphatic heterocycles. The second-order valence-corrected chi connectivity index (χ2v) is 10.1. The van der Waals surface area contributed by atoms with Crippen molar-refractivity contribution in [2.45, 2.75) is 85.7 Å². The second-order valence-electron chi connectivity index (χ2n) is 10.1. The van der Waals surface area contributed by atoms with Crippen molar-refractivity contribution in [3.8, 4) is 11.5 Å². The molecule has 1 aromatic carbocycles. The molecule has 1 aromatic rings. The van der Waals surface area contributed by atoms with Gasteiger partial charge < -0.3 is 21.6 Å². The van der Waals surface area contributed by atoms with Crippen molar-refractivity contribution in [1.82, 2.24) is 0 Å². The van der Waals surface area contributed by atoms with Gasteiger partial charge in [0.1, 0.15) is 17.1 Å². The molecule has 5 nitrogen and oxygen atoms in total. The lowest BCUT2D eigenvalue weighted by molar-refractivity contribution is -0.939. The van der Waals surface area contributed by atoms with E-state index in [0.717, 1.165) is 66.7 Å². The third-order valence-electron chi connectivity index (χ3n) is 7.71. The molecule has 0 saturated carbocycles. The standard InChI is InChI=1S/C27H42NO4.CH3/c1-8-12-20-16-23(31-26(29)30-18-28(9-2,10-3)11-4)25-21-15-19(5)13-14-22(21)27(6,7)32-24(25)17-20;/h15-17,21-22H,8-14,18H2,1-7H3;1H3/q+1;-1. The summed E-state index contributed by atoms with van der Waals surface area (Å²) in [4.78, 5) is 12.8. The maximum atomic E-state index is 12.8. The van der Waals surface area contributed by atoms with Crippen LogP contribution in [0, 0.1) is 13.3 Å². The first kappa shape index (κ1) is 27.2. The van der Waals surface area contributed by atoms with E-state index in [1.807, 2.05) is 6.07 Å². The summed E-state index contributed by atoms with van der Waals surface area (Å²) in [6.07, 6.45) is 5.80. The summed E-state index contributed by atoms with van der Waals surface area (Å²) in [5.41, 5.74) is 3.24. The summed E-state index contributed by atoms with van der Waals surface area (Å²) in [7, 11) is 0. The van der Waals surface area contributed by atoms with Crippen LogP contribution in [0.15, 0.2) is 23.8 Å². The van der Waals surface area contributed by atoms with E-state index in [2.05, 4.69) is 60.6 Å². The van der Waals surface area contributed by atoms with Crippen LogP contribution in [-0.4, -0.2) is 42.6 Å². The lowest BCUT2D eigenvalue weighted by Gasteiger charge is -2.46. The maximum absolute atomic E-state index is 12.8. The van der Waals surface area contributed by atoms with Gasteiger partial charge in [-0.05, 0) is 78.5 Å². The number of hydrogen-bond donors (Lipinski definition) is 0. The zero-order valence-corrected chi connectivity index (χ0v) is 22.1. The molecule has 2 atom stereocenters. The lowest BCUT2D eigenvalue weighted by atomic mass is 9.68. The predicted octanol–water partition coefficient (Wildman–Crippen LogP) is 7.05. The SMILES string of the molecule is CCCc1cc(OC(=O)OC[N+](CC)(CC)CC)c2c(c1)OC(C)(C)C1CCC(C)=CC21.[CH3-]. The zero-order chi connectivity index (χ0) is 23.5. The predicted molar refractivity (Wildman–Crippen MR) is 135 cm³/mol. The van der Waals surface area contributed by atoms with Gasteiger partial charge in [0.2, 0.25) is 6.73 Å². The summed E-state index contributed by atoms with van der Waals surface area (Å²) in [6.45, 7) is 18.2. The topological polar surface area (TPSA) is 44.8 Å². The number of allylic oxidation sites excluding steroid dienone is 2. The van der Waals surface area contributed by atoms with E-state index in [-0.39, 0.29) is 18.9 Å². The number of quaternary nitrogens is 1. The number of rotatable bonds is 8. The summed E-state index contributed by atoms with van der Waals surface area (Å²) >= 11 is 0. The molecule has 1 aliphatic carbocycles. The van der Waals surface area contributed by atoms with Crippen molar-refractivity contribution in [2.24, 2.45) is 5.92 Å². The second kappa shape index (κ2) is 10.9. The Morgan fingerprint density at radius 3 is 2.42 bits per heavy atom. The molecule has 0 amide bonds. The number of carbonyl (C=O) groups excluding carboxylic acids is 1. The molecule has 186 valence electrons. The average molecular weight is 460 g/mol. The van der Waals surface area contributed by atoms with E-state index in [1.54, 1.807) is 0 Å². The maximum Gasteiger partial charge on any atom is 0.518 e. The molecule has 5 heteroatoms. The van der Waals surface area contributed by atoms with Gasteiger partial charge in [0, 0.05) is 17.4 Å². The van der Waals surface area contributed by atoms with Crippen molar-refractivity contribution >= 4 is 6.16 Å². The summed E-state index contributed by atoms with van der Waals surface area (Å²) < 4.78 is 18.8. The van der Waals surface area contributed by atoms with Crippen molar-refractivity contribution in [2.75, 3.05) is 26.4 Å². The van der Waals surface area contributed by atoms with E-state index >= 15 is 0 Å². The molecule has 0 radical (unpaired) electrons. The minimum absolute atomic E-state index is 0. The number of carbonyl (C=O) groups is 1. The highest BCUT2D eigenvalue weighted by Gasteiger charge is 2.45. The summed E-state index contributed by atoms with van der Waals surface area (Å²) in [5, 5.41) is 0. The molecule has 0 N–H and O–H groups in total. The zero-order valence-electron chi connectivity index (χ0n) is 22.1. The van der Waals surface area contributed by atoms with E-state index in [1.165, 1.54) is 5.57 Å². The Balaban J connectivity index is 0.00000385. The quantitative estimate of drug-likeness (QED) is 0.104. The number of hydrogen-bond acceptors (Lipinski definition) is 4. The fourth-order valence-corrected chi connectivity index (χ4v) is 5.33. The van der Waals surface area contributed by atoms with Gasteiger partial charge in [0.15, 0.2) is 0 Å². The van der Waals surface area contributed by atoms with Gasteiger partial charge >= 0.3 is 6.16 Å². The smallest absolute Gasteiger partial charge is 0.487 e. The number of aryl methyl sites for hydroxylation is 1. The van der Waals surface area contributed by atoms with Crippen LogP contribution >= 0.6 is 0 Å². The van der Waals surface area contributed by atoms with E-state index in [9.17, 15) is 4.79 Å². The van der Waals surface area contributed by atoms with Gasteiger partial charge in [-0.3, -0.25) is 4.48 Å². The lowest BCUT2D eigenvalue weighted by Crippen LogP contribution is -2.49. The highest BCUT2D eigenvalue weighted by Crippen LogP contribution is 2.53. The minimum Gasteiger partial charge on any atom is -0.487 e. The van der Waals surface area contributed by atoms with Crippen LogP contribution in [0.1, 0.15) is 84.8 Å². The first-order valence-corrected chi connectivity index (χ1v) is 12.4. The van der Waals surface area contributed by atoms with Crippen LogP contribution in [0.2, 0.25) is 0 Å². The van der Waals surface area contributed by atoms with Crippen molar-refractivity contribution < 1.29 is 23.5 Å². The molecule has 2 aliphatic rings. The van der Waals surface area contributed by atoms with Gasteiger partial charge in [0.05, 0.1) is 19.6 Å². The Morgan fingerprint density at radius 1 is 1.15 bits per heavy atom. The molecule has 1 heterocycles. The Morgan fingerprint density at radius 2 is 1.82 bits per heavy atom. The van der Waals surface area contributed by atoms with Crippen LogP contribution in [-0.2, 0) is 11.2 Å². The molecule has 0 spiro atoms. The summed E-state index contributed by atoms with van der Waals surface area (Å²) in [5.74, 6) is 1.96. The molecular formula is C28H45NO4. The van der Waals surface area contributed by atoms with Crippen LogP contribution in [0.4, 0.5) is 4.79 Å². The Hall–Kier alpha value is -2.01. The molecular weight excluding hydrogens is 414 g/mol. The van der Waals surface area contributed by atoms with Gasteiger partial charge in [-0.25, -0.2) is 4.79 Å². The number of ether oxygens (including phenoxy) is 3. The number of fused-ring (bicyclic) bond motifs is 3. The molecule has 0 saturated heterocycles. The van der Waals surface area contributed by atoms with Crippen LogP contribution < -0.4 is 9.47 Å². The average Bonchev–Trinajstić information content (AvgIpc) is 2.74. The van der Waals surface area contributed by atoms with Gasteiger partial charge in [-0.2, -0.15) is 0 Å². The van der Waals surface area contributed by atoms with Crippen molar-refractivity contribution in [1.29, 1.82) is 0 Å². The molecule has 0 fully saturated rings. The minimum atomic E-state index is -0.628. The van der Waals surface area contributed by atoms with E-state index in [4.69, 9.17) is 14.2 Å². The van der Waals surface area contributed by atoms with Gasteiger partial charge in [-0.1, -0.05) is 25.0 Å². The van der Waals surface area contributed by atoms with E-state index < -0.39 is 6.16 Å². The van der Waals surface area contributed by atoms with Crippen LogP contribution in [0.25, 0.3) is 0 Å². The van der Waals surface area contributed by atoms with Gasteiger partial charge in [0.25, 0.3) is 0 Å². The fourth-order valence-electron chi connectivity index (χ4n) is 5.33. The fraction of sp³-hybridized carbons (Fsp3) is 0.643. The monoisotopic (exact) mass is 459 g/mol. The first-order valence-electron chi connectivity index (χ1n) is 12.4. The Labute approximate surface area is 201 Å². The third kappa shape index (κ3) is 5.74. The van der Waals surface area contributed by atoms with Crippen molar-refractivity contribution in [3.63, 3.8) is 0 Å². The van der Waals surface area contributed by atoms with Crippen LogP contribution in [0.5, 0.6) is 11.5 Å². The first-order chi connectivity index (χ1) is 15.2. The highest BCUT2D eigenvalue weighted by atomic mass is 16.7. The van der Waals surface area contributed by atoms with Crippen LogP contribution in [0.3, 0.4) is 0 Å². The molecule has 0 aromatic heterocycles. The largest absolute Gasteiger partial charge is 0.518 e. The molecule has 0 bridgehead atoms. The van der Waals surface area contributed by atoms with E-state index in [0.29, 0.717) is 18.4 Å². The molecule has 2 unspecified atom stereocenters. The third-order valence-corrected chi connectivity index (χ3v) is 7.71. The number of nitrogens with zero attached hydrogens (tertiary/aromatic N) is 1. The molecule has 3 rings (SSSR count). The summed E-state index contributed by atoms with van der Waals surface area (Å²) in [6, 6.07) is 4.15. The van der Waals surface area contributed by atoms with Gasteiger partial charge in [-0.15, -0.1) is 0 Å². The Bertz CT molecular complexity index is 845.